The van der Waals surface area contributed by atoms with Gasteiger partial charge in [0.1, 0.15) is 17.3 Å². The third-order valence-electron chi connectivity index (χ3n) is 8.02. The van der Waals surface area contributed by atoms with Crippen LogP contribution in [0.25, 0.3) is 0 Å². The van der Waals surface area contributed by atoms with E-state index in [9.17, 15) is 27.2 Å². The number of nitrogens with two attached hydrogens (primary N) is 1. The Morgan fingerprint density at radius 2 is 1.76 bits per heavy atom. The highest BCUT2D eigenvalue weighted by molar-refractivity contribution is 8.00. The molecule has 2 aliphatic rings. The number of amides is 4. The van der Waals surface area contributed by atoms with Crippen molar-refractivity contribution in [3.8, 4) is 0 Å². The molecule has 4 amide bonds. The van der Waals surface area contributed by atoms with Crippen LogP contribution in [0.5, 0.6) is 0 Å². The molecule has 6 N–H and O–H groups in total. The molecule has 2 fully saturated rings. The maximum atomic E-state index is 13.6. The van der Waals surface area contributed by atoms with E-state index in [2.05, 4.69) is 31.6 Å². The highest BCUT2D eigenvalue weighted by Gasteiger charge is 2.42. The molecule has 19 heteroatoms. The Balaban J connectivity index is 0.945. The number of hydrogen-bond acceptors (Lipinski definition) is 12. The summed E-state index contributed by atoms with van der Waals surface area (Å²) in [7, 11) is -3.90. The molecule has 0 radical (unpaired) electrons. The van der Waals surface area contributed by atoms with Crippen molar-refractivity contribution < 1.29 is 41.4 Å². The molecule has 0 aliphatic carbocycles. The van der Waals surface area contributed by atoms with E-state index < -0.39 is 27.3 Å². The van der Waals surface area contributed by atoms with E-state index in [-0.39, 0.29) is 47.6 Å². The number of carbonyl (C=O) groups is 3. The van der Waals surface area contributed by atoms with Crippen LogP contribution in [-0.4, -0.2) is 123 Å². The van der Waals surface area contributed by atoms with Crippen LogP contribution in [-0.2, 0) is 41.9 Å². The summed E-state index contributed by atoms with van der Waals surface area (Å²) in [5, 5.41) is 20.0. The minimum atomic E-state index is -3.90. The second kappa shape index (κ2) is 21.0. The van der Waals surface area contributed by atoms with Crippen LogP contribution in [0, 0.1) is 0 Å². The van der Waals surface area contributed by atoms with Crippen LogP contribution in [0.1, 0.15) is 41.7 Å². The number of halogens is 1. The lowest BCUT2D eigenvalue weighted by molar-refractivity contribution is -0.121. The van der Waals surface area contributed by atoms with Gasteiger partial charge in [0.2, 0.25) is 5.91 Å². The number of nitrogens with zero attached hydrogens (tertiary/aromatic N) is 3. The Morgan fingerprint density at radius 3 is 2.51 bits per heavy atom. The second-order valence-corrected chi connectivity index (χ2v) is 15.1. The number of aromatic nitrogens is 3. The van der Waals surface area contributed by atoms with Gasteiger partial charge in [0.25, 0.3) is 5.91 Å². The van der Waals surface area contributed by atoms with Crippen molar-refractivity contribution in [1.29, 1.82) is 0 Å². The van der Waals surface area contributed by atoms with E-state index in [1.54, 1.807) is 10.9 Å². The first-order valence-electron chi connectivity index (χ1n) is 16.9. The fourth-order valence-electron chi connectivity index (χ4n) is 5.39. The molecular formula is C32H47FN8O8S2. The quantitative estimate of drug-likeness (QED) is 0.0739. The van der Waals surface area contributed by atoms with Crippen molar-refractivity contribution in [1.82, 2.24) is 36.3 Å². The molecule has 0 saturated carbocycles. The Hall–Kier alpha value is -3.62. The van der Waals surface area contributed by atoms with E-state index in [0.717, 1.165) is 31.1 Å². The maximum absolute atomic E-state index is 13.6. The van der Waals surface area contributed by atoms with Crippen molar-refractivity contribution in [2.24, 2.45) is 5.73 Å². The lowest BCUT2D eigenvalue weighted by Crippen LogP contribution is -2.36. The monoisotopic (exact) mass is 754 g/mol. The summed E-state index contributed by atoms with van der Waals surface area (Å²) in [4.78, 5) is 35.9. The van der Waals surface area contributed by atoms with Gasteiger partial charge < -0.3 is 41.2 Å². The maximum Gasteiger partial charge on any atom is 0.315 e. The third-order valence-corrected chi connectivity index (χ3v) is 11.2. The molecule has 1 aromatic heterocycles. The van der Waals surface area contributed by atoms with Gasteiger partial charge in [0.05, 0.1) is 75.9 Å². The summed E-state index contributed by atoms with van der Waals surface area (Å²) in [6.45, 7) is 3.28. The molecule has 2 aromatic rings. The van der Waals surface area contributed by atoms with Crippen LogP contribution in [0.2, 0.25) is 0 Å². The van der Waals surface area contributed by atoms with Crippen molar-refractivity contribution in [2.45, 2.75) is 61.0 Å². The average molecular weight is 755 g/mol. The van der Waals surface area contributed by atoms with Gasteiger partial charge in [-0.25, -0.2) is 22.3 Å². The Bertz CT molecular complexity index is 1560. The van der Waals surface area contributed by atoms with Gasteiger partial charge >= 0.3 is 6.03 Å². The molecule has 1 aromatic carbocycles. The number of fused-ring (bicyclic) bond motifs is 1. The molecule has 16 nitrogen and oxygen atoms in total. The summed E-state index contributed by atoms with van der Waals surface area (Å²) in [5.74, 6) is -1.11. The Kier molecular flexibility index (Phi) is 16.6. The minimum Gasteiger partial charge on any atom is -0.377 e. The van der Waals surface area contributed by atoms with E-state index in [1.807, 2.05) is 11.8 Å². The predicted molar refractivity (Wildman–Crippen MR) is 187 cm³/mol. The zero-order valence-corrected chi connectivity index (χ0v) is 30.0. The number of benzene rings is 1. The van der Waals surface area contributed by atoms with Crippen molar-refractivity contribution >= 4 is 39.4 Å². The second-order valence-electron chi connectivity index (χ2n) is 11.9. The van der Waals surface area contributed by atoms with Gasteiger partial charge in [-0.15, -0.1) is 5.10 Å². The van der Waals surface area contributed by atoms with E-state index in [0.29, 0.717) is 70.1 Å². The zero-order chi connectivity index (χ0) is 36.5. The van der Waals surface area contributed by atoms with Crippen LogP contribution in [0.15, 0.2) is 47.3 Å². The number of sulfone groups is 1. The number of urea groups is 1. The number of rotatable bonds is 24. The zero-order valence-electron chi connectivity index (χ0n) is 28.4. The lowest BCUT2D eigenvalue weighted by atomic mass is 10.0. The largest absolute Gasteiger partial charge is 0.377 e. The van der Waals surface area contributed by atoms with Gasteiger partial charge in [-0.3, -0.25) is 9.59 Å². The summed E-state index contributed by atoms with van der Waals surface area (Å²) in [6, 6.07) is 5.57. The summed E-state index contributed by atoms with van der Waals surface area (Å²) >= 11 is 1.88. The number of ether oxygens (including phenoxy) is 3. The Labute approximate surface area is 301 Å². The van der Waals surface area contributed by atoms with Crippen LogP contribution < -0.4 is 27.0 Å². The molecule has 51 heavy (non-hydrogen) atoms. The predicted octanol–water partition coefficient (Wildman–Crippen LogP) is 0.686. The first kappa shape index (κ1) is 40.2. The minimum absolute atomic E-state index is 0.0121. The number of unbranched alkanes of at least 4 members (excludes halogenated alkanes) is 1. The topological polar surface area (TPSA) is 218 Å². The van der Waals surface area contributed by atoms with E-state index in [1.165, 1.54) is 24.3 Å². The first-order chi connectivity index (χ1) is 24.6. The number of thioether (sulfide) groups is 1. The average Bonchev–Trinajstić information content (AvgIpc) is 3.82. The SMILES string of the molecule is NC/C=C(\F)CS(=O)(=O)c1ccc(C(=O)NCc2cn(CCOCCOCCOCCNC(=O)CCCC[C@@H]3SCC4NC(=O)N[C@@H]43)nn2)cc1. The van der Waals surface area contributed by atoms with Crippen LogP contribution in [0.4, 0.5) is 9.18 Å². The molecule has 282 valence electrons. The molecular weight excluding hydrogens is 708 g/mol. The molecule has 3 atom stereocenters. The van der Waals surface area contributed by atoms with Gasteiger partial charge in [-0.1, -0.05) is 11.6 Å². The molecule has 1 unspecified atom stereocenters. The fourth-order valence-corrected chi connectivity index (χ4v) is 8.13. The molecule has 0 spiro atoms. The molecule has 2 aliphatic heterocycles. The standard InChI is InChI=1S/C32H47FN8O8S2/c33-24(9-10-34)22-51(45,46)26-7-5-23(6-8-26)31(43)36-19-25-20-41(40-39-25)12-14-48-16-18-49-17-15-47-13-11-35-29(42)4-2-1-3-28-30-27(21-50-28)37-32(44)38-30/h5-9,20,27-28,30H,1-4,10-19,21-22,34H2,(H,35,42)(H,36,43)(H2,37,38,44)/b24-9-/t27?,28-,30-/m0/s1. The molecule has 4 rings (SSSR count). The highest BCUT2D eigenvalue weighted by Crippen LogP contribution is 2.33. The number of carbonyl (C=O) groups excluding carboxylic acids is 3. The van der Waals surface area contributed by atoms with Gasteiger partial charge in [0, 0.05) is 36.1 Å². The smallest absolute Gasteiger partial charge is 0.315 e. The van der Waals surface area contributed by atoms with Crippen molar-refractivity contribution in [3.05, 3.63) is 53.6 Å². The molecule has 3 heterocycles. The van der Waals surface area contributed by atoms with E-state index >= 15 is 0 Å². The summed E-state index contributed by atoms with van der Waals surface area (Å²) in [5.41, 5.74) is 5.98. The number of nitrogens with one attached hydrogen (secondary N) is 4. The van der Waals surface area contributed by atoms with E-state index in [4.69, 9.17) is 19.9 Å². The van der Waals surface area contributed by atoms with Crippen LogP contribution in [0.3, 0.4) is 0 Å². The summed E-state index contributed by atoms with van der Waals surface area (Å²) < 4.78 is 56.4. The van der Waals surface area contributed by atoms with Crippen molar-refractivity contribution in [2.75, 3.05) is 64.2 Å². The van der Waals surface area contributed by atoms with Gasteiger partial charge in [-0.05, 0) is 43.2 Å². The van der Waals surface area contributed by atoms with Crippen LogP contribution >= 0.6 is 11.8 Å². The van der Waals surface area contributed by atoms with Crippen molar-refractivity contribution in [3.63, 3.8) is 0 Å². The highest BCUT2D eigenvalue weighted by atomic mass is 32.2. The number of hydrogen-bond donors (Lipinski definition) is 5. The van der Waals surface area contributed by atoms with Gasteiger partial charge in [0.15, 0.2) is 9.84 Å². The fraction of sp³-hybridized carbons (Fsp3) is 0.594. The molecule has 0 bridgehead atoms. The third kappa shape index (κ3) is 13.8. The molecule has 2 saturated heterocycles. The lowest BCUT2D eigenvalue weighted by Gasteiger charge is -2.16. The van der Waals surface area contributed by atoms with Gasteiger partial charge in [-0.2, -0.15) is 11.8 Å². The summed E-state index contributed by atoms with van der Waals surface area (Å²) in [6.07, 6.45) is 5.91. The Morgan fingerprint density at radius 1 is 1.04 bits per heavy atom. The first-order valence-corrected chi connectivity index (χ1v) is 19.6. The normalized spacial score (nSPS) is 18.7.